The van der Waals surface area contributed by atoms with Gasteiger partial charge in [-0.05, 0) is 67.5 Å². The van der Waals surface area contributed by atoms with Gasteiger partial charge in [0.2, 0.25) is 0 Å². The van der Waals surface area contributed by atoms with Crippen molar-refractivity contribution in [1.29, 1.82) is 0 Å². The quantitative estimate of drug-likeness (QED) is 0.760. The zero-order valence-electron chi connectivity index (χ0n) is 15.5. The van der Waals surface area contributed by atoms with Crippen LogP contribution in [0.25, 0.3) is 0 Å². The fraction of sp³-hybridized carbons (Fsp3) is 0.364. The van der Waals surface area contributed by atoms with E-state index < -0.39 is 6.10 Å². The number of halogens is 1. The minimum absolute atomic E-state index is 0.0325. The molecule has 1 aliphatic heterocycles. The van der Waals surface area contributed by atoms with Gasteiger partial charge in [0, 0.05) is 22.9 Å². The van der Waals surface area contributed by atoms with Gasteiger partial charge in [0.1, 0.15) is 6.10 Å². The number of rotatable bonds is 6. The van der Waals surface area contributed by atoms with Gasteiger partial charge in [-0.1, -0.05) is 29.8 Å². The molecule has 2 unspecified atom stereocenters. The van der Waals surface area contributed by atoms with Crippen LogP contribution in [0.3, 0.4) is 0 Å². The highest BCUT2D eigenvalue weighted by Crippen LogP contribution is 2.41. The second-order valence-electron chi connectivity index (χ2n) is 7.41. The van der Waals surface area contributed by atoms with Crippen LogP contribution in [0.5, 0.6) is 0 Å². The van der Waals surface area contributed by atoms with E-state index >= 15 is 0 Å². The molecular formula is C22H23ClN2O3. The molecule has 1 saturated carbocycles. The average Bonchev–Trinajstić information content (AvgIpc) is 3.39. The first kappa shape index (κ1) is 19.0. The van der Waals surface area contributed by atoms with Crippen molar-refractivity contribution in [2.45, 2.75) is 37.8 Å². The average molecular weight is 399 g/mol. The summed E-state index contributed by atoms with van der Waals surface area (Å²) < 4.78 is 5.41. The molecule has 28 heavy (non-hydrogen) atoms. The van der Waals surface area contributed by atoms with Gasteiger partial charge in [0.05, 0.1) is 6.04 Å². The zero-order valence-corrected chi connectivity index (χ0v) is 16.2. The molecule has 0 radical (unpaired) electrons. The van der Waals surface area contributed by atoms with Crippen LogP contribution < -0.4 is 10.6 Å². The van der Waals surface area contributed by atoms with Crippen molar-refractivity contribution in [1.82, 2.24) is 5.32 Å². The summed E-state index contributed by atoms with van der Waals surface area (Å²) in [4.78, 5) is 25.1. The lowest BCUT2D eigenvalue weighted by atomic mass is 10.0. The van der Waals surface area contributed by atoms with Crippen molar-refractivity contribution in [2.75, 3.05) is 11.9 Å². The van der Waals surface area contributed by atoms with Crippen LogP contribution in [0.4, 0.5) is 5.69 Å². The lowest BCUT2D eigenvalue weighted by Crippen LogP contribution is -2.30. The first-order valence-corrected chi connectivity index (χ1v) is 10.1. The number of benzene rings is 2. The van der Waals surface area contributed by atoms with Crippen LogP contribution in [-0.4, -0.2) is 24.5 Å². The molecule has 0 bridgehead atoms. The molecule has 2 aliphatic rings. The third kappa shape index (κ3) is 4.54. The number of nitrogens with one attached hydrogen (secondary N) is 2. The number of anilines is 1. The van der Waals surface area contributed by atoms with Crippen LogP contribution in [-0.2, 0) is 9.53 Å². The second kappa shape index (κ2) is 8.33. The highest BCUT2D eigenvalue weighted by Gasteiger charge is 2.33. The van der Waals surface area contributed by atoms with Gasteiger partial charge in [-0.2, -0.15) is 0 Å². The molecular weight excluding hydrogens is 376 g/mol. The topological polar surface area (TPSA) is 67.4 Å². The molecule has 2 fully saturated rings. The Bertz CT molecular complexity index is 858. The van der Waals surface area contributed by atoms with E-state index in [1.807, 2.05) is 24.3 Å². The van der Waals surface area contributed by atoms with Crippen molar-refractivity contribution in [2.24, 2.45) is 5.92 Å². The highest BCUT2D eigenvalue weighted by atomic mass is 35.5. The van der Waals surface area contributed by atoms with E-state index in [-0.39, 0.29) is 17.9 Å². The minimum Gasteiger partial charge on any atom is -0.368 e. The molecule has 2 N–H and O–H groups in total. The van der Waals surface area contributed by atoms with E-state index in [1.54, 1.807) is 24.3 Å². The zero-order chi connectivity index (χ0) is 19.5. The summed E-state index contributed by atoms with van der Waals surface area (Å²) in [5.74, 6) is 0.139. The summed E-state index contributed by atoms with van der Waals surface area (Å²) in [6, 6.07) is 14.6. The molecule has 0 spiro atoms. The molecule has 1 heterocycles. The van der Waals surface area contributed by atoms with E-state index in [0.717, 1.165) is 31.2 Å². The van der Waals surface area contributed by atoms with Crippen LogP contribution in [0.15, 0.2) is 48.5 Å². The number of hydrogen-bond acceptors (Lipinski definition) is 3. The number of hydrogen-bond donors (Lipinski definition) is 2. The number of carbonyl (C=O) groups excluding carboxylic acids is 2. The van der Waals surface area contributed by atoms with E-state index in [1.165, 1.54) is 0 Å². The predicted molar refractivity (Wildman–Crippen MR) is 108 cm³/mol. The highest BCUT2D eigenvalue weighted by molar-refractivity contribution is 6.30. The molecule has 2 atom stereocenters. The largest absolute Gasteiger partial charge is 0.368 e. The molecule has 2 aromatic rings. The van der Waals surface area contributed by atoms with Crippen molar-refractivity contribution in [3.05, 3.63) is 64.7 Å². The summed E-state index contributed by atoms with van der Waals surface area (Å²) in [5.41, 5.74) is 2.18. The summed E-state index contributed by atoms with van der Waals surface area (Å²) in [5, 5.41) is 6.67. The Morgan fingerprint density at radius 2 is 1.86 bits per heavy atom. The summed E-state index contributed by atoms with van der Waals surface area (Å²) >= 11 is 5.99. The monoisotopic (exact) mass is 398 g/mol. The first-order valence-electron chi connectivity index (χ1n) is 9.69. The molecule has 0 aromatic heterocycles. The first-order chi connectivity index (χ1) is 13.6. The molecule has 2 amide bonds. The Hall–Kier alpha value is -2.37. The normalized spacial score (nSPS) is 19.8. The van der Waals surface area contributed by atoms with Crippen LogP contribution in [0.1, 0.15) is 47.6 Å². The van der Waals surface area contributed by atoms with Crippen molar-refractivity contribution in [3.8, 4) is 0 Å². The SMILES string of the molecule is O=C(NC(c1ccc(Cl)cc1)C1CC1)c1cccc(NC(=O)C2CCCO2)c1. The Morgan fingerprint density at radius 3 is 2.54 bits per heavy atom. The Kier molecular flexibility index (Phi) is 5.64. The fourth-order valence-electron chi connectivity index (χ4n) is 3.54. The van der Waals surface area contributed by atoms with Gasteiger partial charge in [0.15, 0.2) is 0 Å². The lowest BCUT2D eigenvalue weighted by Gasteiger charge is -2.19. The maximum absolute atomic E-state index is 12.8. The van der Waals surface area contributed by atoms with Crippen molar-refractivity contribution >= 4 is 29.1 Å². The molecule has 5 nitrogen and oxygen atoms in total. The van der Waals surface area contributed by atoms with Gasteiger partial charge in [0.25, 0.3) is 11.8 Å². The maximum atomic E-state index is 12.8. The molecule has 6 heteroatoms. The fourth-order valence-corrected chi connectivity index (χ4v) is 3.67. The third-order valence-corrected chi connectivity index (χ3v) is 5.48. The van der Waals surface area contributed by atoms with Gasteiger partial charge >= 0.3 is 0 Å². The standard InChI is InChI=1S/C22H23ClN2O3/c23-17-10-8-15(9-11-17)20(14-6-7-14)25-21(26)16-3-1-4-18(13-16)24-22(27)19-5-2-12-28-19/h1,3-4,8-11,13-14,19-20H,2,5-7,12H2,(H,24,27)(H,25,26). The van der Waals surface area contributed by atoms with Crippen LogP contribution in [0, 0.1) is 5.92 Å². The van der Waals surface area contributed by atoms with Gasteiger partial charge in [-0.3, -0.25) is 9.59 Å². The number of carbonyl (C=O) groups is 2. The van der Waals surface area contributed by atoms with Crippen molar-refractivity contribution in [3.63, 3.8) is 0 Å². The molecule has 4 rings (SSSR count). The Morgan fingerprint density at radius 1 is 1.07 bits per heavy atom. The number of ether oxygens (including phenoxy) is 1. The molecule has 2 aromatic carbocycles. The van der Waals surface area contributed by atoms with Gasteiger partial charge < -0.3 is 15.4 Å². The molecule has 146 valence electrons. The third-order valence-electron chi connectivity index (χ3n) is 5.22. The molecule has 1 saturated heterocycles. The van der Waals surface area contributed by atoms with E-state index in [0.29, 0.717) is 28.8 Å². The van der Waals surface area contributed by atoms with E-state index in [4.69, 9.17) is 16.3 Å². The van der Waals surface area contributed by atoms with E-state index in [9.17, 15) is 9.59 Å². The van der Waals surface area contributed by atoms with Gasteiger partial charge in [-0.15, -0.1) is 0 Å². The van der Waals surface area contributed by atoms with E-state index in [2.05, 4.69) is 10.6 Å². The summed E-state index contributed by atoms with van der Waals surface area (Å²) in [7, 11) is 0. The van der Waals surface area contributed by atoms with Crippen molar-refractivity contribution < 1.29 is 14.3 Å². The predicted octanol–water partition coefficient (Wildman–Crippen LogP) is 4.34. The smallest absolute Gasteiger partial charge is 0.253 e. The minimum atomic E-state index is -0.401. The Balaban J connectivity index is 1.45. The summed E-state index contributed by atoms with van der Waals surface area (Å²) in [6.07, 6.45) is 3.43. The Labute approximate surface area is 169 Å². The maximum Gasteiger partial charge on any atom is 0.253 e. The second-order valence-corrected chi connectivity index (χ2v) is 7.85. The van der Waals surface area contributed by atoms with Crippen LogP contribution >= 0.6 is 11.6 Å². The summed E-state index contributed by atoms with van der Waals surface area (Å²) in [6.45, 7) is 0.619. The molecule has 1 aliphatic carbocycles. The van der Waals surface area contributed by atoms with Crippen LogP contribution in [0.2, 0.25) is 5.02 Å². The number of amides is 2. The lowest BCUT2D eigenvalue weighted by molar-refractivity contribution is -0.124. The van der Waals surface area contributed by atoms with Gasteiger partial charge in [-0.25, -0.2) is 0 Å².